The highest BCUT2D eigenvalue weighted by Gasteiger charge is 2.20. The van der Waals surface area contributed by atoms with Crippen LogP contribution < -0.4 is 0 Å². The summed E-state index contributed by atoms with van der Waals surface area (Å²) in [6.45, 7) is 5.61. The van der Waals surface area contributed by atoms with Crippen molar-refractivity contribution in [1.29, 1.82) is 0 Å². The molecule has 1 saturated heterocycles. The van der Waals surface area contributed by atoms with Crippen molar-refractivity contribution in [2.24, 2.45) is 0 Å². The first-order chi connectivity index (χ1) is 8.34. The summed E-state index contributed by atoms with van der Waals surface area (Å²) in [4.78, 5) is 4.14. The molecular formula is C12H16N4O. The van der Waals surface area contributed by atoms with Gasteiger partial charge in [-0.05, 0) is 19.1 Å². The van der Waals surface area contributed by atoms with Gasteiger partial charge in [-0.2, -0.15) is 15.0 Å². The molecule has 5 nitrogen and oxygen atoms in total. The number of fused-ring (bicyclic) bond motifs is 1. The summed E-state index contributed by atoms with van der Waals surface area (Å²) in [5, 5.41) is 9.02. The summed E-state index contributed by atoms with van der Waals surface area (Å²) in [5.74, 6) is 0. The lowest BCUT2D eigenvalue weighted by Crippen LogP contribution is -2.40. The van der Waals surface area contributed by atoms with Crippen LogP contribution in [0.4, 0.5) is 0 Å². The van der Waals surface area contributed by atoms with Crippen LogP contribution in [-0.4, -0.2) is 46.2 Å². The van der Waals surface area contributed by atoms with Crippen LogP contribution >= 0.6 is 0 Å². The summed E-state index contributed by atoms with van der Waals surface area (Å²) < 4.78 is 5.35. The second kappa shape index (κ2) is 4.43. The minimum Gasteiger partial charge on any atom is -0.379 e. The maximum Gasteiger partial charge on any atom is 0.121 e. The van der Waals surface area contributed by atoms with E-state index in [2.05, 4.69) is 22.0 Å². The van der Waals surface area contributed by atoms with E-state index < -0.39 is 0 Å². The minimum atomic E-state index is 0.186. The predicted octanol–water partition coefficient (Wildman–Crippen LogP) is 1.28. The number of aromatic nitrogens is 3. The van der Waals surface area contributed by atoms with Crippen molar-refractivity contribution in [3.63, 3.8) is 0 Å². The van der Waals surface area contributed by atoms with Gasteiger partial charge in [0.05, 0.1) is 13.2 Å². The Kier molecular flexibility index (Phi) is 2.78. The van der Waals surface area contributed by atoms with Gasteiger partial charge in [-0.25, -0.2) is 0 Å². The SMILES string of the molecule is CC(N1CCOCC1)n1nc2ccccc2n1. The lowest BCUT2D eigenvalue weighted by Gasteiger charge is -2.31. The van der Waals surface area contributed by atoms with Crippen LogP contribution in [0.2, 0.25) is 0 Å². The number of hydrogen-bond acceptors (Lipinski definition) is 4. The van der Waals surface area contributed by atoms with Crippen molar-refractivity contribution < 1.29 is 4.74 Å². The molecule has 0 radical (unpaired) electrons. The Balaban J connectivity index is 1.86. The van der Waals surface area contributed by atoms with Gasteiger partial charge < -0.3 is 4.74 Å². The smallest absolute Gasteiger partial charge is 0.121 e. The second-order valence-corrected chi connectivity index (χ2v) is 4.29. The molecular weight excluding hydrogens is 216 g/mol. The van der Waals surface area contributed by atoms with E-state index in [0.717, 1.165) is 37.3 Å². The van der Waals surface area contributed by atoms with Gasteiger partial charge in [-0.15, -0.1) is 0 Å². The quantitative estimate of drug-likeness (QED) is 0.782. The van der Waals surface area contributed by atoms with E-state index in [1.807, 2.05) is 24.3 Å². The van der Waals surface area contributed by atoms with Crippen LogP contribution in [0.1, 0.15) is 13.1 Å². The molecule has 0 amide bonds. The van der Waals surface area contributed by atoms with Gasteiger partial charge in [0.1, 0.15) is 17.2 Å². The number of morpholine rings is 1. The van der Waals surface area contributed by atoms with Crippen molar-refractivity contribution in [3.8, 4) is 0 Å². The Morgan fingerprint density at radius 3 is 2.29 bits per heavy atom. The lowest BCUT2D eigenvalue weighted by molar-refractivity contribution is -0.00307. The zero-order valence-corrected chi connectivity index (χ0v) is 9.91. The minimum absolute atomic E-state index is 0.186. The van der Waals surface area contributed by atoms with Crippen LogP contribution in [0.3, 0.4) is 0 Å². The Morgan fingerprint density at radius 1 is 1.12 bits per heavy atom. The molecule has 1 aromatic carbocycles. The van der Waals surface area contributed by atoms with E-state index in [9.17, 15) is 0 Å². The van der Waals surface area contributed by atoms with Gasteiger partial charge in [0, 0.05) is 13.1 Å². The molecule has 1 unspecified atom stereocenters. The summed E-state index contributed by atoms with van der Waals surface area (Å²) in [7, 11) is 0. The predicted molar refractivity (Wildman–Crippen MR) is 64.6 cm³/mol. The zero-order chi connectivity index (χ0) is 11.7. The third-order valence-corrected chi connectivity index (χ3v) is 3.21. The summed E-state index contributed by atoms with van der Waals surface area (Å²) in [6, 6.07) is 7.96. The first kappa shape index (κ1) is 10.7. The summed E-state index contributed by atoms with van der Waals surface area (Å²) >= 11 is 0. The van der Waals surface area contributed by atoms with Gasteiger partial charge in [0.15, 0.2) is 0 Å². The fourth-order valence-corrected chi connectivity index (χ4v) is 2.14. The Labute approximate surface area is 100.0 Å². The van der Waals surface area contributed by atoms with E-state index in [1.165, 1.54) is 0 Å². The topological polar surface area (TPSA) is 43.2 Å². The zero-order valence-electron chi connectivity index (χ0n) is 9.91. The van der Waals surface area contributed by atoms with Crippen LogP contribution in [0.5, 0.6) is 0 Å². The molecule has 2 aromatic rings. The monoisotopic (exact) mass is 232 g/mol. The third kappa shape index (κ3) is 2.03. The Morgan fingerprint density at radius 2 is 1.71 bits per heavy atom. The van der Waals surface area contributed by atoms with Gasteiger partial charge in [-0.1, -0.05) is 12.1 Å². The molecule has 2 heterocycles. The van der Waals surface area contributed by atoms with Crippen molar-refractivity contribution in [2.75, 3.05) is 26.3 Å². The molecule has 0 bridgehead atoms. The normalized spacial score (nSPS) is 19.6. The molecule has 0 aliphatic carbocycles. The molecule has 1 aliphatic heterocycles. The van der Waals surface area contributed by atoms with E-state index in [1.54, 1.807) is 4.80 Å². The first-order valence-corrected chi connectivity index (χ1v) is 5.98. The average molecular weight is 232 g/mol. The van der Waals surface area contributed by atoms with E-state index in [0.29, 0.717) is 0 Å². The highest BCUT2D eigenvalue weighted by molar-refractivity contribution is 5.72. The van der Waals surface area contributed by atoms with Crippen molar-refractivity contribution in [1.82, 2.24) is 19.9 Å². The largest absolute Gasteiger partial charge is 0.379 e. The molecule has 0 spiro atoms. The van der Waals surface area contributed by atoms with Crippen LogP contribution in [0, 0.1) is 0 Å². The van der Waals surface area contributed by atoms with E-state index in [-0.39, 0.29) is 6.17 Å². The molecule has 1 aromatic heterocycles. The van der Waals surface area contributed by atoms with Gasteiger partial charge >= 0.3 is 0 Å². The van der Waals surface area contributed by atoms with Crippen molar-refractivity contribution in [2.45, 2.75) is 13.1 Å². The molecule has 90 valence electrons. The summed E-state index contributed by atoms with van der Waals surface area (Å²) in [5.41, 5.74) is 1.90. The van der Waals surface area contributed by atoms with E-state index >= 15 is 0 Å². The molecule has 1 aliphatic rings. The van der Waals surface area contributed by atoms with Crippen LogP contribution in [0.15, 0.2) is 24.3 Å². The van der Waals surface area contributed by atoms with E-state index in [4.69, 9.17) is 4.74 Å². The second-order valence-electron chi connectivity index (χ2n) is 4.29. The fourth-order valence-electron chi connectivity index (χ4n) is 2.14. The molecule has 5 heteroatoms. The number of rotatable bonds is 2. The number of nitrogens with zero attached hydrogens (tertiary/aromatic N) is 4. The highest BCUT2D eigenvalue weighted by Crippen LogP contribution is 2.15. The maximum atomic E-state index is 5.35. The Bertz CT molecular complexity index is 471. The molecule has 0 N–H and O–H groups in total. The summed E-state index contributed by atoms with van der Waals surface area (Å²) in [6.07, 6.45) is 0.186. The number of hydrogen-bond donors (Lipinski definition) is 0. The van der Waals surface area contributed by atoms with Gasteiger partial charge in [0.25, 0.3) is 0 Å². The maximum absolute atomic E-state index is 5.35. The van der Waals surface area contributed by atoms with Crippen molar-refractivity contribution >= 4 is 11.0 Å². The first-order valence-electron chi connectivity index (χ1n) is 5.98. The molecule has 1 fully saturated rings. The van der Waals surface area contributed by atoms with Crippen LogP contribution in [0.25, 0.3) is 11.0 Å². The Hall–Kier alpha value is -1.46. The number of ether oxygens (including phenoxy) is 1. The van der Waals surface area contributed by atoms with Gasteiger partial charge in [0.2, 0.25) is 0 Å². The third-order valence-electron chi connectivity index (χ3n) is 3.21. The fraction of sp³-hybridized carbons (Fsp3) is 0.500. The molecule has 3 rings (SSSR count). The standard InChI is InChI=1S/C12H16N4O/c1-10(15-6-8-17-9-7-15)16-13-11-4-2-3-5-12(11)14-16/h2-5,10H,6-9H2,1H3. The highest BCUT2D eigenvalue weighted by atomic mass is 16.5. The molecule has 0 saturated carbocycles. The molecule has 17 heavy (non-hydrogen) atoms. The van der Waals surface area contributed by atoms with Crippen LogP contribution in [-0.2, 0) is 4.74 Å². The van der Waals surface area contributed by atoms with Gasteiger partial charge in [-0.3, -0.25) is 4.90 Å². The lowest BCUT2D eigenvalue weighted by atomic mass is 10.3. The average Bonchev–Trinajstić information content (AvgIpc) is 2.82. The van der Waals surface area contributed by atoms with Crippen molar-refractivity contribution in [3.05, 3.63) is 24.3 Å². The number of benzene rings is 1. The molecule has 1 atom stereocenters.